The van der Waals surface area contributed by atoms with Crippen LogP contribution < -0.4 is 16.1 Å². The van der Waals surface area contributed by atoms with Crippen molar-refractivity contribution in [3.8, 4) is 0 Å². The van der Waals surface area contributed by atoms with E-state index in [-0.39, 0.29) is 10.9 Å². The lowest BCUT2D eigenvalue weighted by Crippen LogP contribution is -2.68. The molecular weight excluding hydrogens is 316 g/mol. The van der Waals surface area contributed by atoms with E-state index in [0.29, 0.717) is 0 Å². The van der Waals surface area contributed by atoms with Crippen LogP contribution in [0.2, 0.25) is 5.04 Å². The van der Waals surface area contributed by atoms with Crippen LogP contribution in [-0.4, -0.2) is 25.5 Å². The molecule has 2 aromatic rings. The molecule has 0 saturated carbocycles. The van der Waals surface area contributed by atoms with Gasteiger partial charge in [-0.15, -0.1) is 0 Å². The Hall–Kier alpha value is -2.11. The smallest absolute Gasteiger partial charge is 0.262 e. The van der Waals surface area contributed by atoms with Gasteiger partial charge in [0, 0.05) is 0 Å². The third-order valence-electron chi connectivity index (χ3n) is 4.30. The Morgan fingerprint density at radius 2 is 1.42 bits per heavy atom. The lowest BCUT2D eigenvalue weighted by molar-refractivity contribution is 0.252. The molecule has 0 aromatic heterocycles. The first-order valence-corrected chi connectivity index (χ1v) is 10.00. The van der Waals surface area contributed by atoms with E-state index < -0.39 is 14.4 Å². The van der Waals surface area contributed by atoms with Gasteiger partial charge in [0.2, 0.25) is 0 Å². The molecule has 0 amide bonds. The summed E-state index contributed by atoms with van der Waals surface area (Å²) in [4.78, 5) is 0. The summed E-state index contributed by atoms with van der Waals surface area (Å²) >= 11 is 0. The zero-order chi connectivity index (χ0) is 17.8. The predicted octanol–water partition coefficient (Wildman–Crippen LogP) is 2.70. The minimum Gasteiger partial charge on any atom is -0.409 e. The van der Waals surface area contributed by atoms with Crippen LogP contribution in [0.15, 0.2) is 65.8 Å². The van der Waals surface area contributed by atoms with Gasteiger partial charge < -0.3 is 15.4 Å². The van der Waals surface area contributed by atoms with Crippen molar-refractivity contribution in [1.82, 2.24) is 0 Å². The average Bonchev–Trinajstić information content (AvgIpc) is 2.59. The van der Waals surface area contributed by atoms with E-state index in [1.807, 2.05) is 43.3 Å². The van der Waals surface area contributed by atoms with E-state index in [9.17, 15) is 0 Å². The maximum Gasteiger partial charge on any atom is 0.262 e. The van der Waals surface area contributed by atoms with E-state index in [1.54, 1.807) is 0 Å². The Labute approximate surface area is 145 Å². The van der Waals surface area contributed by atoms with Gasteiger partial charge >= 0.3 is 0 Å². The summed E-state index contributed by atoms with van der Waals surface area (Å²) in [5, 5.41) is 14.4. The summed E-state index contributed by atoms with van der Waals surface area (Å²) < 4.78 is 6.65. The summed E-state index contributed by atoms with van der Waals surface area (Å²) in [6, 6.07) is 20.6. The fourth-order valence-electron chi connectivity index (χ4n) is 3.10. The Kier molecular flexibility index (Phi) is 5.46. The number of rotatable bonds is 5. The topological polar surface area (TPSA) is 67.8 Å². The van der Waals surface area contributed by atoms with Gasteiger partial charge in [0.1, 0.15) is 6.10 Å². The molecule has 0 spiro atoms. The summed E-state index contributed by atoms with van der Waals surface area (Å²) in [6.07, 6.45) is -0.485. The molecule has 1 atom stereocenters. The third kappa shape index (κ3) is 3.37. The van der Waals surface area contributed by atoms with Gasteiger partial charge in [-0.1, -0.05) is 86.6 Å². The van der Waals surface area contributed by atoms with Gasteiger partial charge in [0.05, 0.1) is 0 Å². The molecule has 0 aliphatic rings. The summed E-state index contributed by atoms with van der Waals surface area (Å²) in [5.41, 5.74) is 5.82. The number of hydrogen-bond acceptors (Lipinski definition) is 3. The van der Waals surface area contributed by atoms with Gasteiger partial charge in [-0.05, 0) is 22.3 Å². The van der Waals surface area contributed by atoms with Crippen molar-refractivity contribution in [1.29, 1.82) is 0 Å². The molecule has 0 aliphatic carbocycles. The monoisotopic (exact) mass is 342 g/mol. The minimum absolute atomic E-state index is 0.0861. The first-order chi connectivity index (χ1) is 11.3. The molecule has 2 aromatic carbocycles. The van der Waals surface area contributed by atoms with Gasteiger partial charge in [0.15, 0.2) is 5.84 Å². The molecule has 0 radical (unpaired) electrons. The average molecular weight is 343 g/mol. The van der Waals surface area contributed by atoms with Gasteiger partial charge in [-0.25, -0.2) is 0 Å². The van der Waals surface area contributed by atoms with E-state index in [4.69, 9.17) is 15.4 Å². The number of amidine groups is 1. The normalized spacial score (nSPS) is 14.4. The zero-order valence-corrected chi connectivity index (χ0v) is 15.7. The zero-order valence-electron chi connectivity index (χ0n) is 14.7. The first kappa shape index (κ1) is 18.2. The molecular formula is C19H26N2O2Si. The van der Waals surface area contributed by atoms with Crippen molar-refractivity contribution in [3.05, 3.63) is 60.7 Å². The molecule has 3 N–H and O–H groups in total. The highest BCUT2D eigenvalue weighted by Gasteiger charge is 2.51. The number of nitrogens with zero attached hydrogens (tertiary/aromatic N) is 1. The van der Waals surface area contributed by atoms with Crippen LogP contribution in [0.4, 0.5) is 0 Å². The van der Waals surface area contributed by atoms with Crippen LogP contribution in [0.1, 0.15) is 27.7 Å². The van der Waals surface area contributed by atoms with Crippen LogP contribution in [0.25, 0.3) is 0 Å². The number of oxime groups is 1. The Balaban J connectivity index is 2.71. The van der Waals surface area contributed by atoms with Gasteiger partial charge in [-0.2, -0.15) is 0 Å². The molecule has 0 fully saturated rings. The van der Waals surface area contributed by atoms with Gasteiger partial charge in [0.25, 0.3) is 8.32 Å². The fourth-order valence-corrected chi connectivity index (χ4v) is 7.76. The SMILES string of the molecule is CC(O[Si](c1ccccc1)(c1ccccc1)C(C)(C)C)/C(N)=N/O. The summed E-state index contributed by atoms with van der Waals surface area (Å²) in [7, 11) is -2.66. The van der Waals surface area contributed by atoms with Crippen molar-refractivity contribution < 1.29 is 9.63 Å². The molecule has 1 unspecified atom stereocenters. The van der Waals surface area contributed by atoms with Crippen LogP contribution >= 0.6 is 0 Å². The number of nitrogens with two attached hydrogens (primary N) is 1. The quantitative estimate of drug-likeness (QED) is 0.289. The fraction of sp³-hybridized carbons (Fsp3) is 0.316. The second kappa shape index (κ2) is 7.19. The molecule has 2 rings (SSSR count). The highest BCUT2D eigenvalue weighted by Crippen LogP contribution is 2.37. The third-order valence-corrected chi connectivity index (χ3v) is 9.41. The second-order valence-corrected chi connectivity index (χ2v) is 11.2. The van der Waals surface area contributed by atoms with Crippen molar-refractivity contribution >= 4 is 24.5 Å². The van der Waals surface area contributed by atoms with E-state index in [2.05, 4.69) is 50.2 Å². The maximum absolute atomic E-state index is 9.04. The van der Waals surface area contributed by atoms with Crippen molar-refractivity contribution in [2.24, 2.45) is 10.9 Å². The van der Waals surface area contributed by atoms with E-state index >= 15 is 0 Å². The van der Waals surface area contributed by atoms with Crippen molar-refractivity contribution in [2.45, 2.75) is 38.8 Å². The predicted molar refractivity (Wildman–Crippen MR) is 102 cm³/mol. The standard InChI is InChI=1S/C19H26N2O2Si/c1-15(18(20)21-22)23-24(19(2,3)4,16-11-7-5-8-12-16)17-13-9-6-10-14-17/h5-15,22H,1-4H3,(H2,20,21). The van der Waals surface area contributed by atoms with Gasteiger partial charge in [-0.3, -0.25) is 0 Å². The summed E-state index contributed by atoms with van der Waals surface area (Å²) in [6.45, 7) is 8.41. The largest absolute Gasteiger partial charge is 0.409 e. The van der Waals surface area contributed by atoms with Crippen molar-refractivity contribution in [2.75, 3.05) is 0 Å². The highest BCUT2D eigenvalue weighted by molar-refractivity contribution is 6.99. The molecule has 0 saturated heterocycles. The van der Waals surface area contributed by atoms with Crippen LogP contribution in [0.3, 0.4) is 0 Å². The molecule has 5 heteroatoms. The minimum atomic E-state index is -2.66. The molecule has 4 nitrogen and oxygen atoms in total. The van der Waals surface area contributed by atoms with E-state index in [0.717, 1.165) is 0 Å². The number of benzene rings is 2. The molecule has 24 heavy (non-hydrogen) atoms. The number of hydrogen-bond donors (Lipinski definition) is 2. The van der Waals surface area contributed by atoms with Crippen LogP contribution in [0.5, 0.6) is 0 Å². The van der Waals surface area contributed by atoms with Crippen LogP contribution in [0, 0.1) is 0 Å². The highest BCUT2D eigenvalue weighted by atomic mass is 28.4. The lowest BCUT2D eigenvalue weighted by atomic mass is 10.2. The van der Waals surface area contributed by atoms with Crippen molar-refractivity contribution in [3.63, 3.8) is 0 Å². The maximum atomic E-state index is 9.04. The summed E-state index contributed by atoms with van der Waals surface area (Å²) in [5.74, 6) is 0.0861. The second-order valence-electron chi connectivity index (χ2n) is 6.95. The Morgan fingerprint density at radius 3 is 1.75 bits per heavy atom. The Morgan fingerprint density at radius 1 is 1.00 bits per heavy atom. The molecule has 128 valence electrons. The van der Waals surface area contributed by atoms with E-state index in [1.165, 1.54) is 10.4 Å². The Bertz CT molecular complexity index is 642. The first-order valence-electron chi connectivity index (χ1n) is 8.09. The molecule has 0 bridgehead atoms. The molecule has 0 heterocycles. The molecule has 0 aliphatic heterocycles. The lowest BCUT2D eigenvalue weighted by Gasteiger charge is -2.44. The van der Waals surface area contributed by atoms with Crippen LogP contribution in [-0.2, 0) is 4.43 Å².